The van der Waals surface area contributed by atoms with E-state index in [0.29, 0.717) is 17.3 Å². The minimum absolute atomic E-state index is 0. The zero-order chi connectivity index (χ0) is 13.8. The summed E-state index contributed by atoms with van der Waals surface area (Å²) in [4.78, 5) is 15.6. The number of esters is 1. The summed E-state index contributed by atoms with van der Waals surface area (Å²) in [6, 6.07) is 3.36. The van der Waals surface area contributed by atoms with E-state index in [1.807, 2.05) is 20.8 Å². The molecule has 2 N–H and O–H groups in total. The van der Waals surface area contributed by atoms with Gasteiger partial charge in [0.05, 0.1) is 18.5 Å². The number of carbonyl (C=O) groups excluding carboxylic acids is 1. The van der Waals surface area contributed by atoms with Gasteiger partial charge in [-0.25, -0.2) is 9.78 Å². The summed E-state index contributed by atoms with van der Waals surface area (Å²) in [5, 5.41) is 0. The molecular weight excluding hydrogens is 288 g/mol. The minimum atomic E-state index is -0.506. The number of anilines is 1. The predicted octanol–water partition coefficient (Wildman–Crippen LogP) is 2.02. The van der Waals surface area contributed by atoms with E-state index >= 15 is 0 Å². The van der Waals surface area contributed by atoms with Crippen molar-refractivity contribution in [3.05, 3.63) is 23.9 Å². The molecule has 1 aromatic rings. The van der Waals surface area contributed by atoms with Gasteiger partial charge in [0.25, 0.3) is 0 Å². The number of methoxy groups -OCH3 is 1. The number of carbonyl (C=O) groups is 1. The largest absolute Gasteiger partial charge is 0.480 e. The summed E-state index contributed by atoms with van der Waals surface area (Å²) in [7, 11) is 1.49. The van der Waals surface area contributed by atoms with Gasteiger partial charge in [-0.1, -0.05) is 0 Å². The number of hydrogen-bond acceptors (Lipinski definition) is 5. The van der Waals surface area contributed by atoms with Crippen molar-refractivity contribution in [1.82, 2.24) is 4.98 Å². The first kappa shape index (κ1) is 17.5. The van der Waals surface area contributed by atoms with Gasteiger partial charge in [0.15, 0.2) is 0 Å². The van der Waals surface area contributed by atoms with Crippen LogP contribution in [0, 0.1) is 0 Å². The Morgan fingerprint density at radius 3 is 2.53 bits per heavy atom. The Kier molecular flexibility index (Phi) is 6.59. The zero-order valence-corrected chi connectivity index (χ0v) is 12.5. The average molecular weight is 306 g/mol. The molecule has 0 fully saturated rings. The second-order valence-electron chi connectivity index (χ2n) is 4.70. The molecule has 6 heteroatoms. The third kappa shape index (κ3) is 6.27. The van der Waals surface area contributed by atoms with Gasteiger partial charge in [0, 0.05) is 23.1 Å². The van der Waals surface area contributed by atoms with Crippen molar-refractivity contribution in [2.45, 2.75) is 26.4 Å². The molecule has 1 aromatic heterocycles. The summed E-state index contributed by atoms with van der Waals surface area (Å²) in [5.41, 5.74) is 6.16. The Bertz CT molecular complexity index is 467. The van der Waals surface area contributed by atoms with E-state index in [1.165, 1.54) is 13.2 Å². The second-order valence-corrected chi connectivity index (χ2v) is 4.70. The average Bonchev–Trinajstić information content (AvgIpc) is 2.25. The maximum atomic E-state index is 11.5. The van der Waals surface area contributed by atoms with Crippen molar-refractivity contribution in [2.75, 3.05) is 12.8 Å². The normalized spacial score (nSPS) is 10.9. The van der Waals surface area contributed by atoms with Gasteiger partial charge in [-0.05, 0) is 39.0 Å². The fourth-order valence-corrected chi connectivity index (χ4v) is 1.21. The zero-order valence-electron chi connectivity index (χ0n) is 11.4. The van der Waals surface area contributed by atoms with Crippen LogP contribution < -0.4 is 10.5 Å². The molecule has 0 saturated carbocycles. The van der Waals surface area contributed by atoms with E-state index in [1.54, 1.807) is 18.2 Å². The number of ether oxygens (including phenoxy) is 2. The van der Waals surface area contributed by atoms with Crippen LogP contribution in [0.5, 0.6) is 5.88 Å². The molecule has 0 aliphatic rings. The Balaban J connectivity index is 0.00000324. The first-order chi connectivity index (χ1) is 8.31. The Morgan fingerprint density at radius 1 is 1.37 bits per heavy atom. The molecule has 0 aliphatic heterocycles. The van der Waals surface area contributed by atoms with Gasteiger partial charge in [-0.15, -0.1) is 0 Å². The van der Waals surface area contributed by atoms with Crippen molar-refractivity contribution in [3.8, 4) is 5.88 Å². The summed E-state index contributed by atoms with van der Waals surface area (Å²) < 4.78 is 10.1. The van der Waals surface area contributed by atoms with E-state index in [4.69, 9.17) is 15.2 Å². The number of pyridine rings is 1. The predicted molar refractivity (Wildman–Crippen MR) is 70.1 cm³/mol. The molecule has 0 aromatic carbocycles. The summed E-state index contributed by atoms with van der Waals surface area (Å²) in [6.45, 7) is 5.43. The fraction of sp³-hybridized carbons (Fsp3) is 0.385. The Hall–Kier alpha value is -1.52. The van der Waals surface area contributed by atoms with Crippen molar-refractivity contribution in [1.29, 1.82) is 0 Å². The first-order valence-corrected chi connectivity index (χ1v) is 5.53. The summed E-state index contributed by atoms with van der Waals surface area (Å²) in [6.07, 6.45) is 2.87. The molecule has 106 valence electrons. The minimum Gasteiger partial charge on any atom is -0.480 e. The third-order valence-electron chi connectivity index (χ3n) is 1.90. The molecule has 19 heavy (non-hydrogen) atoms. The molecule has 0 spiro atoms. The van der Waals surface area contributed by atoms with Gasteiger partial charge in [0.2, 0.25) is 5.88 Å². The fourth-order valence-electron chi connectivity index (χ4n) is 1.21. The van der Waals surface area contributed by atoms with Gasteiger partial charge in [-0.2, -0.15) is 0 Å². The van der Waals surface area contributed by atoms with E-state index in [2.05, 4.69) is 4.98 Å². The molecular formula is C13H18FeN2O3. The Morgan fingerprint density at radius 2 is 2.00 bits per heavy atom. The van der Waals surface area contributed by atoms with Crippen LogP contribution in [0.15, 0.2) is 18.2 Å². The molecule has 0 atom stereocenters. The van der Waals surface area contributed by atoms with Crippen LogP contribution >= 0.6 is 0 Å². The Labute approximate surface area is 123 Å². The maximum absolute atomic E-state index is 11.5. The van der Waals surface area contributed by atoms with Crippen LogP contribution in [0.3, 0.4) is 0 Å². The molecule has 0 radical (unpaired) electrons. The number of nitrogens with two attached hydrogens (primary N) is 1. The smallest absolute Gasteiger partial charge is 0.331 e. The molecule has 0 aliphatic carbocycles. The van der Waals surface area contributed by atoms with Gasteiger partial charge in [0.1, 0.15) is 5.60 Å². The summed E-state index contributed by atoms with van der Waals surface area (Å²) >= 11 is 0. The van der Waals surface area contributed by atoms with Crippen LogP contribution in [0.25, 0.3) is 6.08 Å². The third-order valence-corrected chi connectivity index (χ3v) is 1.90. The standard InChI is InChI=1S/C13H18N2O3.Fe/c1-13(2,3)18-11(16)8-6-9-5-7-10(14)12(15-9)17-4;/h5-8H,14H2,1-4H3;. The van der Waals surface area contributed by atoms with Crippen molar-refractivity contribution in [3.63, 3.8) is 0 Å². The van der Waals surface area contributed by atoms with Gasteiger partial charge in [-0.3, -0.25) is 0 Å². The summed E-state index contributed by atoms with van der Waals surface area (Å²) in [5.74, 6) is -0.0820. The molecule has 0 unspecified atom stereocenters. The van der Waals surface area contributed by atoms with Crippen LogP contribution in [0.1, 0.15) is 26.5 Å². The molecule has 0 amide bonds. The van der Waals surface area contributed by atoms with Crippen molar-refractivity contribution in [2.24, 2.45) is 0 Å². The number of nitrogen functional groups attached to an aromatic ring is 1. The van der Waals surface area contributed by atoms with Gasteiger partial charge < -0.3 is 15.2 Å². The van der Waals surface area contributed by atoms with Gasteiger partial charge >= 0.3 is 5.97 Å². The van der Waals surface area contributed by atoms with E-state index < -0.39 is 11.6 Å². The van der Waals surface area contributed by atoms with E-state index in [0.717, 1.165) is 0 Å². The number of nitrogens with zero attached hydrogens (tertiary/aromatic N) is 1. The molecule has 1 heterocycles. The van der Waals surface area contributed by atoms with Crippen LogP contribution in [-0.4, -0.2) is 23.7 Å². The van der Waals surface area contributed by atoms with Crippen LogP contribution in [0.4, 0.5) is 5.69 Å². The molecule has 0 saturated heterocycles. The SMILES string of the molecule is COc1nc(C=CC(=O)OC(C)(C)C)ccc1N.[Fe]. The second kappa shape index (κ2) is 7.16. The first-order valence-electron chi connectivity index (χ1n) is 5.53. The maximum Gasteiger partial charge on any atom is 0.331 e. The molecule has 0 bridgehead atoms. The molecule has 1 rings (SSSR count). The molecule has 5 nitrogen and oxygen atoms in total. The van der Waals surface area contributed by atoms with E-state index in [9.17, 15) is 4.79 Å². The van der Waals surface area contributed by atoms with E-state index in [-0.39, 0.29) is 17.1 Å². The quantitative estimate of drug-likeness (QED) is 0.525. The van der Waals surface area contributed by atoms with Crippen molar-refractivity contribution < 1.29 is 31.3 Å². The topological polar surface area (TPSA) is 74.4 Å². The van der Waals surface area contributed by atoms with Crippen LogP contribution in [0.2, 0.25) is 0 Å². The number of rotatable bonds is 3. The number of hydrogen-bond donors (Lipinski definition) is 1. The monoisotopic (exact) mass is 306 g/mol. The van der Waals surface area contributed by atoms with Crippen molar-refractivity contribution >= 4 is 17.7 Å². The number of aromatic nitrogens is 1. The van der Waals surface area contributed by atoms with Crippen LogP contribution in [-0.2, 0) is 26.6 Å².